The second-order valence-electron chi connectivity index (χ2n) is 7.88. The number of aromatic hydroxyl groups is 1. The van der Waals surface area contributed by atoms with Crippen LogP contribution in [0.15, 0.2) is 29.9 Å². The number of imidazole rings is 1. The fraction of sp³-hybridized carbons (Fsp3) is 0.429. The van der Waals surface area contributed by atoms with Crippen molar-refractivity contribution < 1.29 is 14.6 Å². The average molecular weight is 475 g/mol. The maximum absolute atomic E-state index is 12.5. The van der Waals surface area contributed by atoms with Gasteiger partial charge >= 0.3 is 6.09 Å². The van der Waals surface area contributed by atoms with Crippen molar-refractivity contribution in [2.45, 2.75) is 26.2 Å². The van der Waals surface area contributed by atoms with Gasteiger partial charge in [0.05, 0.1) is 16.9 Å². The number of carbonyl (C=O) groups excluding carboxylic acids is 1. The van der Waals surface area contributed by atoms with Gasteiger partial charge in [-0.2, -0.15) is 0 Å². The molecule has 3 aromatic rings. The van der Waals surface area contributed by atoms with Crippen molar-refractivity contribution in [3.05, 3.63) is 45.4 Å². The zero-order valence-electron chi connectivity index (χ0n) is 18.0. The molecule has 1 amide bonds. The van der Waals surface area contributed by atoms with Crippen molar-refractivity contribution in [3.63, 3.8) is 0 Å². The maximum Gasteiger partial charge on any atom is 0.415 e. The number of aromatic nitrogens is 4. The molecule has 0 aliphatic carbocycles. The van der Waals surface area contributed by atoms with Gasteiger partial charge in [0.2, 0.25) is 5.88 Å². The number of pyridine rings is 1. The fourth-order valence-electron chi connectivity index (χ4n) is 3.57. The Kier molecular flexibility index (Phi) is 6.87. The summed E-state index contributed by atoms with van der Waals surface area (Å²) in [6, 6.07) is 3.31. The molecule has 11 heteroatoms. The Morgan fingerprint density at radius 1 is 1.28 bits per heavy atom. The molecule has 0 aromatic carbocycles. The fourth-order valence-corrected chi connectivity index (χ4v) is 4.47. The number of carbonyl (C=O) groups is 1. The summed E-state index contributed by atoms with van der Waals surface area (Å²) in [4.78, 5) is 28.2. The average Bonchev–Trinajstić information content (AvgIpc) is 3.41. The predicted molar refractivity (Wildman–Crippen MR) is 124 cm³/mol. The Morgan fingerprint density at radius 2 is 2.06 bits per heavy atom. The van der Waals surface area contributed by atoms with Crippen LogP contribution in [0.1, 0.15) is 30.5 Å². The molecule has 4 heterocycles. The summed E-state index contributed by atoms with van der Waals surface area (Å²) in [5, 5.41) is 13.6. The quantitative estimate of drug-likeness (QED) is 0.527. The summed E-state index contributed by atoms with van der Waals surface area (Å²) in [6.45, 7) is 7.71. The Labute approximate surface area is 195 Å². The van der Waals surface area contributed by atoms with Crippen molar-refractivity contribution >= 4 is 29.6 Å². The molecule has 1 aliphatic rings. The third-order valence-corrected chi connectivity index (χ3v) is 6.51. The molecule has 170 valence electrons. The topological polar surface area (TPSA) is 99.5 Å². The zero-order chi connectivity index (χ0) is 22.7. The van der Waals surface area contributed by atoms with Crippen molar-refractivity contribution in [2.24, 2.45) is 0 Å². The van der Waals surface area contributed by atoms with E-state index in [2.05, 4.69) is 19.9 Å². The smallest absolute Gasteiger partial charge is 0.415 e. The molecule has 4 rings (SSSR count). The molecule has 1 saturated heterocycles. The molecular weight excluding hydrogens is 448 g/mol. The number of aromatic amines is 1. The largest absolute Gasteiger partial charge is 0.493 e. The van der Waals surface area contributed by atoms with Gasteiger partial charge in [0.1, 0.15) is 5.82 Å². The minimum absolute atomic E-state index is 0.0370. The van der Waals surface area contributed by atoms with E-state index in [9.17, 15) is 9.90 Å². The molecule has 0 bridgehead atoms. The number of ether oxygens (including phenoxy) is 1. The Balaban J connectivity index is 1.31. The summed E-state index contributed by atoms with van der Waals surface area (Å²) >= 11 is 6.98. The number of amides is 1. The highest BCUT2D eigenvalue weighted by atomic mass is 32.1. The van der Waals surface area contributed by atoms with Crippen LogP contribution in [0.5, 0.6) is 11.6 Å². The monoisotopic (exact) mass is 474 g/mol. The van der Waals surface area contributed by atoms with Crippen LogP contribution in [0.2, 0.25) is 0 Å². The summed E-state index contributed by atoms with van der Waals surface area (Å²) in [5.74, 6) is 0.917. The van der Waals surface area contributed by atoms with Gasteiger partial charge in [0.15, 0.2) is 10.5 Å². The van der Waals surface area contributed by atoms with Gasteiger partial charge in [-0.05, 0) is 30.3 Å². The van der Waals surface area contributed by atoms with E-state index in [-0.39, 0.29) is 17.9 Å². The van der Waals surface area contributed by atoms with E-state index in [1.54, 1.807) is 28.4 Å². The van der Waals surface area contributed by atoms with Crippen molar-refractivity contribution in [1.29, 1.82) is 0 Å². The lowest BCUT2D eigenvalue weighted by Crippen LogP contribution is -2.49. The second kappa shape index (κ2) is 9.80. The first-order chi connectivity index (χ1) is 15.4. The normalized spacial score (nSPS) is 14.8. The van der Waals surface area contributed by atoms with Crippen LogP contribution in [0.3, 0.4) is 0 Å². The molecule has 0 saturated carbocycles. The second-order valence-corrected chi connectivity index (χ2v) is 9.25. The van der Waals surface area contributed by atoms with Gasteiger partial charge in [0, 0.05) is 50.7 Å². The van der Waals surface area contributed by atoms with E-state index in [0.717, 1.165) is 31.1 Å². The number of nitrogens with zero attached hydrogens (tertiary/aromatic N) is 5. The van der Waals surface area contributed by atoms with Gasteiger partial charge < -0.3 is 19.7 Å². The minimum atomic E-state index is -0.387. The number of nitrogens with one attached hydrogen (secondary N) is 1. The summed E-state index contributed by atoms with van der Waals surface area (Å²) in [5.41, 5.74) is 0.651. The van der Waals surface area contributed by atoms with Gasteiger partial charge in [-0.25, -0.2) is 19.3 Å². The van der Waals surface area contributed by atoms with Crippen molar-refractivity contribution in [3.8, 4) is 17.4 Å². The third-order valence-electron chi connectivity index (χ3n) is 5.39. The van der Waals surface area contributed by atoms with E-state index in [4.69, 9.17) is 17.0 Å². The van der Waals surface area contributed by atoms with Crippen LogP contribution in [-0.4, -0.2) is 73.2 Å². The lowest BCUT2D eigenvalue weighted by Gasteiger charge is -2.33. The van der Waals surface area contributed by atoms with Crippen LogP contribution >= 0.6 is 23.6 Å². The highest BCUT2D eigenvalue weighted by Gasteiger charge is 2.23. The molecule has 3 aromatic heterocycles. The summed E-state index contributed by atoms with van der Waals surface area (Å²) in [6.07, 6.45) is 3.83. The molecule has 2 N–H and O–H groups in total. The van der Waals surface area contributed by atoms with Crippen LogP contribution in [0, 0.1) is 4.77 Å². The van der Waals surface area contributed by atoms with Gasteiger partial charge in [0.25, 0.3) is 0 Å². The van der Waals surface area contributed by atoms with Crippen LogP contribution in [-0.2, 0) is 6.42 Å². The Hall–Kier alpha value is -2.76. The SMILES string of the molecule is CC(C)c1[nH]c(=S)n(-c2ccc(OC(=O)N3CCN(CCc4nccs4)CC3)cn2)c1O. The summed E-state index contributed by atoms with van der Waals surface area (Å²) < 4.78 is 7.31. The van der Waals surface area contributed by atoms with Crippen LogP contribution in [0.25, 0.3) is 5.82 Å². The van der Waals surface area contributed by atoms with E-state index in [1.807, 2.05) is 25.4 Å². The number of piperazine rings is 1. The molecule has 32 heavy (non-hydrogen) atoms. The Morgan fingerprint density at radius 3 is 2.66 bits per heavy atom. The first-order valence-electron chi connectivity index (χ1n) is 10.5. The number of thiazole rings is 1. The van der Waals surface area contributed by atoms with E-state index in [0.29, 0.717) is 35.1 Å². The van der Waals surface area contributed by atoms with Crippen LogP contribution in [0.4, 0.5) is 4.79 Å². The highest BCUT2D eigenvalue weighted by molar-refractivity contribution is 7.71. The first kappa shape index (κ1) is 22.4. The van der Waals surface area contributed by atoms with E-state index >= 15 is 0 Å². The lowest BCUT2D eigenvalue weighted by molar-refractivity contribution is 0.111. The molecule has 0 unspecified atom stereocenters. The molecule has 0 radical (unpaired) electrons. The Bertz CT molecular complexity index is 1100. The number of rotatable bonds is 6. The molecule has 1 aliphatic heterocycles. The van der Waals surface area contributed by atoms with Gasteiger partial charge in [-0.15, -0.1) is 11.3 Å². The number of H-pyrrole nitrogens is 1. The van der Waals surface area contributed by atoms with Gasteiger partial charge in [-0.3, -0.25) is 4.90 Å². The van der Waals surface area contributed by atoms with E-state index < -0.39 is 0 Å². The lowest BCUT2D eigenvalue weighted by atomic mass is 10.1. The van der Waals surface area contributed by atoms with Crippen molar-refractivity contribution in [2.75, 3.05) is 32.7 Å². The van der Waals surface area contributed by atoms with Crippen LogP contribution < -0.4 is 4.74 Å². The molecule has 0 spiro atoms. The molecular formula is C21H26N6O3S2. The van der Waals surface area contributed by atoms with Gasteiger partial charge in [-0.1, -0.05) is 13.8 Å². The number of hydrogen-bond donors (Lipinski definition) is 2. The summed E-state index contributed by atoms with van der Waals surface area (Å²) in [7, 11) is 0. The molecule has 9 nitrogen and oxygen atoms in total. The van der Waals surface area contributed by atoms with Crippen molar-refractivity contribution in [1.82, 2.24) is 29.3 Å². The standard InChI is InChI=1S/C21H26N6O3S2/c1-14(2)18-19(28)27(20(31)24-18)16-4-3-15(13-23-16)30-21(29)26-10-8-25(9-11-26)7-5-17-22-6-12-32-17/h3-4,6,12-14,28H,5,7-11H2,1-2H3,(H,24,31). The first-order valence-corrected chi connectivity index (χ1v) is 11.8. The number of hydrogen-bond acceptors (Lipinski definition) is 8. The minimum Gasteiger partial charge on any atom is -0.493 e. The predicted octanol–water partition coefficient (Wildman–Crippen LogP) is 3.57. The molecule has 0 atom stereocenters. The highest BCUT2D eigenvalue weighted by Crippen LogP contribution is 2.27. The maximum atomic E-state index is 12.5. The zero-order valence-corrected chi connectivity index (χ0v) is 19.7. The molecule has 1 fully saturated rings. The third kappa shape index (κ3) is 5.00. The van der Waals surface area contributed by atoms with E-state index in [1.165, 1.54) is 10.8 Å².